The molecule has 5 nitrogen and oxygen atoms in total. The van der Waals surface area contributed by atoms with Crippen LogP contribution >= 0.6 is 11.8 Å². The van der Waals surface area contributed by atoms with Crippen LogP contribution in [0, 0.1) is 13.8 Å². The number of rotatable bonds is 7. The molecular formula is C26H31N3O2S. The minimum absolute atomic E-state index is 0.0342. The Kier molecular flexibility index (Phi) is 7.20. The molecule has 1 amide bonds. The van der Waals surface area contributed by atoms with Gasteiger partial charge in [0.05, 0.1) is 11.3 Å². The summed E-state index contributed by atoms with van der Waals surface area (Å²) in [4.78, 5) is 18.5. The smallest absolute Gasteiger partial charge is 0.255 e. The Bertz CT molecular complexity index is 1040. The maximum absolute atomic E-state index is 13.3. The minimum Gasteiger partial charge on any atom is -0.372 e. The predicted molar refractivity (Wildman–Crippen MR) is 130 cm³/mol. The monoisotopic (exact) mass is 449 g/mol. The van der Waals surface area contributed by atoms with Crippen molar-refractivity contribution >= 4 is 23.4 Å². The second-order valence-electron chi connectivity index (χ2n) is 8.46. The van der Waals surface area contributed by atoms with Crippen LogP contribution < -0.4 is 4.90 Å². The highest BCUT2D eigenvalue weighted by Gasteiger charge is 2.18. The number of carbonyl (C=O) groups excluding carboxylic acids is 1. The molecule has 0 N–H and O–H groups in total. The van der Waals surface area contributed by atoms with E-state index < -0.39 is 0 Å². The predicted octanol–water partition coefficient (Wildman–Crippen LogP) is 5.85. The van der Waals surface area contributed by atoms with Crippen LogP contribution in [-0.4, -0.2) is 36.1 Å². The molecule has 1 saturated heterocycles. The lowest BCUT2D eigenvalue weighted by Gasteiger charge is -2.29. The average Bonchev–Trinajstić information content (AvgIpc) is 3.15. The number of thioether (sulfide) groups is 1. The SMILES string of the molecule is Cc1noc(C)c1CSc1ccccc1C(=O)N(C)Cc1ccc(N2CCCCC2)cc1. The van der Waals surface area contributed by atoms with Crippen LogP contribution in [0.5, 0.6) is 0 Å². The van der Waals surface area contributed by atoms with Crippen molar-refractivity contribution in [2.45, 2.75) is 50.3 Å². The number of hydrogen-bond donors (Lipinski definition) is 0. The number of aryl methyl sites for hydroxylation is 2. The van der Waals surface area contributed by atoms with Crippen molar-refractivity contribution in [3.63, 3.8) is 0 Å². The van der Waals surface area contributed by atoms with Gasteiger partial charge in [0.2, 0.25) is 0 Å². The van der Waals surface area contributed by atoms with E-state index in [1.54, 1.807) is 16.7 Å². The molecular weight excluding hydrogens is 418 g/mol. The van der Waals surface area contributed by atoms with Gasteiger partial charge in [-0.25, -0.2) is 0 Å². The second kappa shape index (κ2) is 10.3. The largest absolute Gasteiger partial charge is 0.372 e. The summed E-state index contributed by atoms with van der Waals surface area (Å²) in [6, 6.07) is 16.5. The number of carbonyl (C=O) groups is 1. The van der Waals surface area contributed by atoms with Gasteiger partial charge >= 0.3 is 0 Å². The number of benzene rings is 2. The van der Waals surface area contributed by atoms with Gasteiger partial charge in [-0.15, -0.1) is 11.8 Å². The molecule has 1 aromatic heterocycles. The quantitative estimate of drug-likeness (QED) is 0.424. The molecule has 2 heterocycles. The van der Waals surface area contributed by atoms with Gasteiger partial charge in [-0.2, -0.15) is 0 Å². The molecule has 0 atom stereocenters. The zero-order valence-corrected chi connectivity index (χ0v) is 20.0. The fraction of sp³-hybridized carbons (Fsp3) is 0.385. The van der Waals surface area contributed by atoms with E-state index in [0.29, 0.717) is 6.54 Å². The van der Waals surface area contributed by atoms with Gasteiger partial charge in [0.15, 0.2) is 0 Å². The lowest BCUT2D eigenvalue weighted by atomic mass is 10.1. The number of piperidine rings is 1. The molecule has 4 rings (SSSR count). The summed E-state index contributed by atoms with van der Waals surface area (Å²) in [5.74, 6) is 1.60. The zero-order valence-electron chi connectivity index (χ0n) is 19.1. The van der Waals surface area contributed by atoms with E-state index in [2.05, 4.69) is 34.3 Å². The van der Waals surface area contributed by atoms with E-state index in [0.717, 1.165) is 51.9 Å². The molecule has 1 aliphatic rings. The summed E-state index contributed by atoms with van der Waals surface area (Å²) >= 11 is 1.65. The van der Waals surface area contributed by atoms with Gasteiger partial charge < -0.3 is 14.3 Å². The molecule has 1 fully saturated rings. The Morgan fingerprint density at radius 1 is 1.06 bits per heavy atom. The molecule has 0 unspecified atom stereocenters. The third kappa shape index (κ3) is 5.18. The maximum Gasteiger partial charge on any atom is 0.255 e. The molecule has 168 valence electrons. The normalized spacial score (nSPS) is 13.9. The standard InChI is InChI=1S/C26H31N3O2S/c1-19-24(20(2)31-27-19)18-32-25-10-6-5-9-23(25)26(30)28(3)17-21-11-13-22(14-12-21)29-15-7-4-8-16-29/h5-6,9-14H,4,7-8,15-18H2,1-3H3. The van der Waals surface area contributed by atoms with Gasteiger partial charge in [-0.1, -0.05) is 29.4 Å². The minimum atomic E-state index is 0.0342. The van der Waals surface area contributed by atoms with E-state index in [-0.39, 0.29) is 5.91 Å². The number of nitrogens with zero attached hydrogens (tertiary/aromatic N) is 3. The van der Waals surface area contributed by atoms with Crippen molar-refractivity contribution in [3.05, 3.63) is 76.7 Å². The highest BCUT2D eigenvalue weighted by molar-refractivity contribution is 7.98. The summed E-state index contributed by atoms with van der Waals surface area (Å²) < 4.78 is 5.27. The summed E-state index contributed by atoms with van der Waals surface area (Å²) in [7, 11) is 1.87. The van der Waals surface area contributed by atoms with Crippen molar-refractivity contribution in [3.8, 4) is 0 Å². The zero-order chi connectivity index (χ0) is 22.5. The molecule has 3 aromatic rings. The van der Waals surface area contributed by atoms with Crippen molar-refractivity contribution in [1.29, 1.82) is 0 Å². The molecule has 1 aliphatic heterocycles. The lowest BCUT2D eigenvalue weighted by Crippen LogP contribution is -2.29. The van der Waals surface area contributed by atoms with Crippen molar-refractivity contribution < 1.29 is 9.32 Å². The first-order valence-electron chi connectivity index (χ1n) is 11.3. The number of hydrogen-bond acceptors (Lipinski definition) is 5. The maximum atomic E-state index is 13.3. The van der Waals surface area contributed by atoms with Crippen LogP contribution in [0.4, 0.5) is 5.69 Å². The van der Waals surface area contributed by atoms with Gasteiger partial charge in [-0.3, -0.25) is 4.79 Å². The van der Waals surface area contributed by atoms with Crippen LogP contribution in [0.3, 0.4) is 0 Å². The Balaban J connectivity index is 1.41. The summed E-state index contributed by atoms with van der Waals surface area (Å²) in [5, 5.41) is 4.03. The topological polar surface area (TPSA) is 49.6 Å². The van der Waals surface area contributed by atoms with Gasteiger partial charge in [0.1, 0.15) is 5.76 Å². The van der Waals surface area contributed by atoms with Crippen LogP contribution in [0.2, 0.25) is 0 Å². The fourth-order valence-electron chi connectivity index (χ4n) is 4.14. The third-order valence-electron chi connectivity index (χ3n) is 6.09. The fourth-order valence-corrected chi connectivity index (χ4v) is 5.34. The second-order valence-corrected chi connectivity index (χ2v) is 9.48. The molecule has 0 bridgehead atoms. The van der Waals surface area contributed by atoms with Gasteiger partial charge in [0.25, 0.3) is 5.91 Å². The number of anilines is 1. The van der Waals surface area contributed by atoms with Crippen molar-refractivity contribution in [2.75, 3.05) is 25.0 Å². The summed E-state index contributed by atoms with van der Waals surface area (Å²) in [6.45, 7) is 6.74. The van der Waals surface area contributed by atoms with Crippen LogP contribution in [0.15, 0.2) is 57.9 Å². The van der Waals surface area contributed by atoms with Gasteiger partial charge in [-0.05, 0) is 62.9 Å². The molecule has 0 saturated carbocycles. The molecule has 0 aliphatic carbocycles. The van der Waals surface area contributed by atoms with E-state index in [1.807, 2.05) is 45.2 Å². The molecule has 0 spiro atoms. The molecule has 2 aromatic carbocycles. The van der Waals surface area contributed by atoms with E-state index in [1.165, 1.54) is 24.9 Å². The Morgan fingerprint density at radius 2 is 1.78 bits per heavy atom. The lowest BCUT2D eigenvalue weighted by molar-refractivity contribution is 0.0781. The van der Waals surface area contributed by atoms with E-state index in [4.69, 9.17) is 4.52 Å². The first-order chi connectivity index (χ1) is 15.5. The van der Waals surface area contributed by atoms with Crippen molar-refractivity contribution in [1.82, 2.24) is 10.1 Å². The Hall–Kier alpha value is -2.73. The summed E-state index contributed by atoms with van der Waals surface area (Å²) in [5.41, 5.74) is 5.16. The van der Waals surface area contributed by atoms with Crippen LogP contribution in [0.1, 0.15) is 52.2 Å². The Morgan fingerprint density at radius 3 is 2.47 bits per heavy atom. The molecule has 0 radical (unpaired) electrons. The van der Waals surface area contributed by atoms with Crippen LogP contribution in [-0.2, 0) is 12.3 Å². The molecule has 6 heteroatoms. The third-order valence-corrected chi connectivity index (χ3v) is 7.19. The molecule has 32 heavy (non-hydrogen) atoms. The number of amides is 1. The summed E-state index contributed by atoms with van der Waals surface area (Å²) in [6.07, 6.45) is 3.87. The first-order valence-corrected chi connectivity index (χ1v) is 12.2. The highest BCUT2D eigenvalue weighted by Crippen LogP contribution is 2.29. The first kappa shape index (κ1) is 22.5. The number of aromatic nitrogens is 1. The Labute approximate surface area is 194 Å². The van der Waals surface area contributed by atoms with Crippen molar-refractivity contribution in [2.24, 2.45) is 0 Å². The van der Waals surface area contributed by atoms with Crippen LogP contribution in [0.25, 0.3) is 0 Å². The average molecular weight is 450 g/mol. The van der Waals surface area contributed by atoms with E-state index in [9.17, 15) is 4.79 Å². The van der Waals surface area contributed by atoms with Gasteiger partial charge in [0, 0.05) is 48.6 Å². The van der Waals surface area contributed by atoms with E-state index >= 15 is 0 Å². The highest BCUT2D eigenvalue weighted by atomic mass is 32.2.